The van der Waals surface area contributed by atoms with Crippen LogP contribution in [0.15, 0.2) is 54.6 Å². The lowest BCUT2D eigenvalue weighted by molar-refractivity contribution is -0.138. The molecule has 4 unspecified atom stereocenters. The number of carbonyl (C=O) groups excluding carboxylic acids is 3. The summed E-state index contributed by atoms with van der Waals surface area (Å²) in [6.07, 6.45) is -0.720. The van der Waals surface area contributed by atoms with E-state index in [0.717, 1.165) is 22.9 Å². The highest BCUT2D eigenvalue weighted by Crippen LogP contribution is 2.35. The van der Waals surface area contributed by atoms with E-state index < -0.39 is 18.2 Å². The number of amides is 3. The number of ketones is 1. The van der Waals surface area contributed by atoms with Crippen molar-refractivity contribution in [1.82, 2.24) is 20.0 Å². The van der Waals surface area contributed by atoms with Gasteiger partial charge in [-0.1, -0.05) is 37.3 Å². The second-order valence-electron chi connectivity index (χ2n) is 9.19. The summed E-state index contributed by atoms with van der Waals surface area (Å²) < 4.78 is 5.29. The van der Waals surface area contributed by atoms with E-state index in [9.17, 15) is 14.4 Å². The molecule has 0 radical (unpaired) electrons. The largest absolute Gasteiger partial charge is 0.497 e. The van der Waals surface area contributed by atoms with Gasteiger partial charge in [-0.15, -0.1) is 0 Å². The van der Waals surface area contributed by atoms with E-state index in [2.05, 4.69) is 22.0 Å². The maximum absolute atomic E-state index is 13.6. The number of fused-ring (bicyclic) bond motifs is 3. The molecule has 9 nitrogen and oxygen atoms in total. The van der Waals surface area contributed by atoms with Crippen LogP contribution in [0, 0.1) is 5.92 Å². The molecule has 3 heterocycles. The highest BCUT2D eigenvalue weighted by Gasteiger charge is 2.57. The molecule has 9 heteroatoms. The lowest BCUT2D eigenvalue weighted by atomic mass is 10.0. The topological polar surface area (TPSA) is 85.4 Å². The van der Waals surface area contributed by atoms with Crippen LogP contribution in [0.5, 0.6) is 5.75 Å². The minimum atomic E-state index is -0.570. The number of Topliss-reactive ketones (excluding diaryl/α,β-unsaturated/α-hetero) is 1. The molecule has 2 aromatic rings. The number of ether oxygens (including phenoxy) is 1. The summed E-state index contributed by atoms with van der Waals surface area (Å²) in [6.45, 7) is 3.39. The molecule has 0 spiro atoms. The number of anilines is 1. The van der Waals surface area contributed by atoms with Crippen molar-refractivity contribution in [2.24, 2.45) is 5.92 Å². The molecule has 3 fully saturated rings. The molecule has 2 aromatic carbocycles. The van der Waals surface area contributed by atoms with Gasteiger partial charge < -0.3 is 14.5 Å². The highest BCUT2D eigenvalue weighted by atomic mass is 16.5. The number of hydrogen-bond acceptors (Lipinski definition) is 7. The zero-order valence-corrected chi connectivity index (χ0v) is 19.5. The predicted octanol–water partition coefficient (Wildman–Crippen LogP) is 1.81. The third-order valence-electron chi connectivity index (χ3n) is 6.89. The van der Waals surface area contributed by atoms with Crippen LogP contribution in [0.1, 0.15) is 17.3 Å². The Morgan fingerprint density at radius 1 is 1.06 bits per heavy atom. The molecule has 0 aromatic heterocycles. The number of methoxy groups -OCH3 is 1. The monoisotopic (exact) mass is 463 g/mol. The fourth-order valence-electron chi connectivity index (χ4n) is 5.20. The number of urea groups is 1. The van der Waals surface area contributed by atoms with Crippen molar-refractivity contribution in [3.63, 3.8) is 0 Å². The quantitative estimate of drug-likeness (QED) is 0.677. The van der Waals surface area contributed by atoms with Gasteiger partial charge in [-0.25, -0.2) is 4.79 Å². The van der Waals surface area contributed by atoms with Gasteiger partial charge in [0.15, 0.2) is 5.78 Å². The molecule has 34 heavy (non-hydrogen) atoms. The Bertz CT molecular complexity index is 1090. The molecule has 1 N–H and O–H groups in total. The third-order valence-corrected chi connectivity index (χ3v) is 6.89. The van der Waals surface area contributed by atoms with Gasteiger partial charge in [-0.3, -0.25) is 24.7 Å². The first-order valence-corrected chi connectivity index (χ1v) is 11.5. The third kappa shape index (κ3) is 3.70. The maximum atomic E-state index is 13.6. The minimum Gasteiger partial charge on any atom is -0.497 e. The molecule has 0 aliphatic carbocycles. The Hall–Kier alpha value is -3.43. The lowest BCUT2D eigenvalue weighted by Gasteiger charge is -2.46. The van der Waals surface area contributed by atoms with Gasteiger partial charge in [-0.05, 0) is 30.2 Å². The van der Waals surface area contributed by atoms with Crippen molar-refractivity contribution in [2.75, 3.05) is 38.7 Å². The van der Waals surface area contributed by atoms with Crippen LogP contribution in [0.25, 0.3) is 0 Å². The Morgan fingerprint density at radius 3 is 2.44 bits per heavy atom. The SMILES string of the molecule is COc1ccc(N2CC(C)CN3C4C(=O)N(CC(=O)c5ccccc5)C(=O)N(C)C4NC23)cc1. The summed E-state index contributed by atoms with van der Waals surface area (Å²) in [7, 11) is 3.31. The van der Waals surface area contributed by atoms with Crippen LogP contribution in [0.4, 0.5) is 10.5 Å². The number of likely N-dealkylation sites (N-methyl/N-ethyl adjacent to an activating group) is 1. The molecular formula is C25H29N5O4. The van der Waals surface area contributed by atoms with E-state index in [1.54, 1.807) is 43.3 Å². The van der Waals surface area contributed by atoms with E-state index in [4.69, 9.17) is 4.74 Å². The van der Waals surface area contributed by atoms with Crippen molar-refractivity contribution < 1.29 is 19.1 Å². The summed E-state index contributed by atoms with van der Waals surface area (Å²) >= 11 is 0. The molecule has 3 aliphatic heterocycles. The van der Waals surface area contributed by atoms with Gasteiger partial charge in [0.2, 0.25) is 0 Å². The average Bonchev–Trinajstić information content (AvgIpc) is 3.25. The first kappa shape index (κ1) is 22.4. The normalized spacial score (nSPS) is 27.0. The fourth-order valence-corrected chi connectivity index (χ4v) is 5.20. The van der Waals surface area contributed by atoms with Crippen LogP contribution >= 0.6 is 0 Å². The summed E-state index contributed by atoms with van der Waals surface area (Å²) in [6, 6.07) is 15.5. The number of rotatable bonds is 5. The Balaban J connectivity index is 1.42. The van der Waals surface area contributed by atoms with Crippen molar-refractivity contribution in [2.45, 2.75) is 25.4 Å². The number of hydrogen-bond donors (Lipinski definition) is 1. The van der Waals surface area contributed by atoms with Gasteiger partial charge in [-0.2, -0.15) is 0 Å². The second-order valence-corrected chi connectivity index (χ2v) is 9.19. The maximum Gasteiger partial charge on any atom is 0.328 e. The molecular weight excluding hydrogens is 434 g/mol. The van der Waals surface area contributed by atoms with Crippen molar-refractivity contribution >= 4 is 23.4 Å². The molecule has 5 rings (SSSR count). The molecule has 0 saturated carbocycles. The summed E-state index contributed by atoms with van der Waals surface area (Å²) in [4.78, 5) is 46.5. The summed E-state index contributed by atoms with van der Waals surface area (Å²) in [5.74, 6) is 0.478. The standard InChI is InChI=1S/C25H29N5O4/c1-16-13-28(18-9-11-19(34-3)12-10-18)24-26-22-21(29(24)14-16)23(32)30(25(33)27(22)2)15-20(31)17-7-5-4-6-8-17/h4-12,16,21-22,24,26H,13-15H2,1-3H3. The lowest BCUT2D eigenvalue weighted by Crippen LogP contribution is -2.67. The van der Waals surface area contributed by atoms with Crippen LogP contribution in [0.2, 0.25) is 0 Å². The van der Waals surface area contributed by atoms with E-state index in [-0.39, 0.29) is 24.5 Å². The summed E-state index contributed by atoms with van der Waals surface area (Å²) in [5.41, 5.74) is 1.48. The minimum absolute atomic E-state index is 0.247. The van der Waals surface area contributed by atoms with Gasteiger partial charge in [0.25, 0.3) is 5.91 Å². The first-order chi connectivity index (χ1) is 16.4. The smallest absolute Gasteiger partial charge is 0.328 e. The molecule has 3 saturated heterocycles. The van der Waals surface area contributed by atoms with Crippen molar-refractivity contribution in [3.8, 4) is 5.75 Å². The van der Waals surface area contributed by atoms with E-state index >= 15 is 0 Å². The molecule has 3 aliphatic rings. The van der Waals surface area contributed by atoms with Crippen LogP contribution < -0.4 is 15.0 Å². The van der Waals surface area contributed by atoms with E-state index in [1.165, 1.54) is 0 Å². The van der Waals surface area contributed by atoms with Crippen molar-refractivity contribution in [3.05, 3.63) is 60.2 Å². The molecule has 178 valence electrons. The number of imide groups is 1. The number of nitrogens with one attached hydrogen (secondary N) is 1. The Labute approximate surface area is 198 Å². The van der Waals surface area contributed by atoms with Crippen molar-refractivity contribution in [1.29, 1.82) is 0 Å². The Kier molecular flexibility index (Phi) is 5.75. The van der Waals surface area contributed by atoms with Crippen LogP contribution in [-0.4, -0.2) is 84.7 Å². The summed E-state index contributed by atoms with van der Waals surface area (Å²) in [5, 5.41) is 3.50. The van der Waals surface area contributed by atoms with Gasteiger partial charge >= 0.3 is 6.03 Å². The molecule has 0 bridgehead atoms. The van der Waals surface area contributed by atoms with Gasteiger partial charge in [0, 0.05) is 31.4 Å². The first-order valence-electron chi connectivity index (χ1n) is 11.5. The average molecular weight is 464 g/mol. The predicted molar refractivity (Wildman–Crippen MR) is 126 cm³/mol. The molecule has 3 amide bonds. The molecule has 4 atom stereocenters. The highest BCUT2D eigenvalue weighted by molar-refractivity contribution is 6.07. The van der Waals surface area contributed by atoms with Crippen LogP contribution in [-0.2, 0) is 4.79 Å². The zero-order valence-electron chi connectivity index (χ0n) is 19.5. The van der Waals surface area contributed by atoms with E-state index in [1.807, 2.05) is 30.3 Å². The number of benzene rings is 2. The van der Waals surface area contributed by atoms with E-state index in [0.29, 0.717) is 18.0 Å². The second kappa shape index (κ2) is 8.73. The zero-order chi connectivity index (χ0) is 24.0. The van der Waals surface area contributed by atoms with Crippen LogP contribution in [0.3, 0.4) is 0 Å². The Morgan fingerprint density at radius 2 is 1.76 bits per heavy atom. The number of nitrogens with zero attached hydrogens (tertiary/aromatic N) is 4. The fraction of sp³-hybridized carbons (Fsp3) is 0.400. The van der Waals surface area contributed by atoms with Gasteiger partial charge in [0.1, 0.15) is 24.2 Å². The number of carbonyl (C=O) groups is 3. The van der Waals surface area contributed by atoms with Gasteiger partial charge in [0.05, 0.1) is 13.7 Å².